The van der Waals surface area contributed by atoms with Gasteiger partial charge in [-0.15, -0.1) is 0 Å². The van der Waals surface area contributed by atoms with Crippen LogP contribution >= 0.6 is 0 Å². The van der Waals surface area contributed by atoms with Gasteiger partial charge in [-0.1, -0.05) is 0 Å². The van der Waals surface area contributed by atoms with Crippen molar-refractivity contribution in [3.63, 3.8) is 0 Å². The fraction of sp³-hybridized carbons (Fsp3) is 0.941. The Bertz CT molecular complexity index is 331. The summed E-state index contributed by atoms with van der Waals surface area (Å²) in [6.45, 7) is 14.9. The summed E-state index contributed by atoms with van der Waals surface area (Å²) in [6.07, 6.45) is 1.95. The van der Waals surface area contributed by atoms with Crippen molar-refractivity contribution < 1.29 is 9.53 Å². The Hall–Kier alpha value is -0.810. The molecule has 1 aliphatic heterocycles. The smallest absolute Gasteiger partial charge is 0.410 e. The van der Waals surface area contributed by atoms with E-state index in [1.807, 2.05) is 25.7 Å². The van der Waals surface area contributed by atoms with E-state index in [-0.39, 0.29) is 6.09 Å². The molecule has 1 N–H and O–H groups in total. The second-order valence-electron chi connectivity index (χ2n) is 7.69. The maximum atomic E-state index is 12.0. The van der Waals surface area contributed by atoms with Gasteiger partial charge in [-0.25, -0.2) is 4.79 Å². The van der Waals surface area contributed by atoms with E-state index >= 15 is 0 Å². The molecule has 130 valence electrons. The van der Waals surface area contributed by atoms with Gasteiger partial charge >= 0.3 is 6.09 Å². The minimum Gasteiger partial charge on any atom is -0.444 e. The van der Waals surface area contributed by atoms with Crippen LogP contribution in [0, 0.1) is 5.92 Å². The molecule has 0 aromatic carbocycles. The standard InChI is InChI=1S/C17H35N3O2/c1-14(2)19(6)12-9-18-13-15-7-10-20(11-8-15)16(21)22-17(3,4)5/h14-15,18H,7-13H2,1-6H3. The van der Waals surface area contributed by atoms with Crippen molar-refractivity contribution in [1.29, 1.82) is 0 Å². The molecule has 0 bridgehead atoms. The summed E-state index contributed by atoms with van der Waals surface area (Å²) in [7, 11) is 2.16. The Labute approximate surface area is 136 Å². The predicted molar refractivity (Wildman–Crippen MR) is 91.2 cm³/mol. The van der Waals surface area contributed by atoms with Crippen LogP contribution in [0.15, 0.2) is 0 Å². The molecule has 0 atom stereocenters. The van der Waals surface area contributed by atoms with Crippen LogP contribution in [0.4, 0.5) is 4.79 Å². The molecular weight excluding hydrogens is 278 g/mol. The number of likely N-dealkylation sites (N-methyl/N-ethyl adjacent to an activating group) is 1. The van der Waals surface area contributed by atoms with Crippen molar-refractivity contribution in [1.82, 2.24) is 15.1 Å². The highest BCUT2D eigenvalue weighted by Gasteiger charge is 2.26. The number of rotatable bonds is 6. The van der Waals surface area contributed by atoms with Crippen molar-refractivity contribution >= 4 is 6.09 Å². The molecule has 1 rings (SSSR count). The van der Waals surface area contributed by atoms with Gasteiger partial charge in [-0.3, -0.25) is 0 Å². The number of piperidine rings is 1. The average Bonchev–Trinajstić information content (AvgIpc) is 2.42. The first-order chi connectivity index (χ1) is 10.2. The number of nitrogens with zero attached hydrogens (tertiary/aromatic N) is 2. The lowest BCUT2D eigenvalue weighted by atomic mass is 9.97. The third-order valence-corrected chi connectivity index (χ3v) is 4.22. The molecule has 5 heteroatoms. The SMILES string of the molecule is CC(C)N(C)CCNCC1CCN(C(=O)OC(C)(C)C)CC1. The van der Waals surface area contributed by atoms with Crippen LogP contribution in [0.2, 0.25) is 0 Å². The van der Waals surface area contributed by atoms with Crippen LogP contribution in [0.25, 0.3) is 0 Å². The zero-order valence-electron chi connectivity index (χ0n) is 15.3. The van der Waals surface area contributed by atoms with Gasteiger partial charge in [-0.2, -0.15) is 0 Å². The van der Waals surface area contributed by atoms with Crippen molar-refractivity contribution in [2.75, 3.05) is 39.8 Å². The molecule has 1 fully saturated rings. The molecule has 1 heterocycles. The van der Waals surface area contributed by atoms with E-state index in [4.69, 9.17) is 4.74 Å². The maximum absolute atomic E-state index is 12.0. The number of ether oxygens (including phenoxy) is 1. The Morgan fingerprint density at radius 1 is 1.32 bits per heavy atom. The topological polar surface area (TPSA) is 44.8 Å². The molecule has 1 saturated heterocycles. The first-order valence-electron chi connectivity index (χ1n) is 8.58. The molecule has 0 aromatic rings. The molecule has 1 aliphatic rings. The molecule has 0 spiro atoms. The van der Waals surface area contributed by atoms with Gasteiger partial charge in [0, 0.05) is 32.2 Å². The maximum Gasteiger partial charge on any atom is 0.410 e. The monoisotopic (exact) mass is 313 g/mol. The molecule has 1 amide bonds. The highest BCUT2D eigenvalue weighted by molar-refractivity contribution is 5.68. The van der Waals surface area contributed by atoms with Gasteiger partial charge in [0.1, 0.15) is 5.60 Å². The first-order valence-corrected chi connectivity index (χ1v) is 8.58. The van der Waals surface area contributed by atoms with Crippen molar-refractivity contribution in [2.45, 2.75) is 59.1 Å². The predicted octanol–water partition coefficient (Wildman–Crippen LogP) is 2.56. The minimum absolute atomic E-state index is 0.169. The van der Waals surface area contributed by atoms with Gasteiger partial charge in [0.05, 0.1) is 0 Å². The summed E-state index contributed by atoms with van der Waals surface area (Å²) in [4.78, 5) is 16.2. The fourth-order valence-corrected chi connectivity index (χ4v) is 2.47. The third kappa shape index (κ3) is 7.45. The zero-order valence-corrected chi connectivity index (χ0v) is 15.3. The average molecular weight is 313 g/mol. The van der Waals surface area contributed by atoms with Crippen LogP contribution in [0.5, 0.6) is 0 Å². The van der Waals surface area contributed by atoms with Crippen LogP contribution in [-0.4, -0.2) is 67.3 Å². The van der Waals surface area contributed by atoms with Crippen LogP contribution in [-0.2, 0) is 4.74 Å². The van der Waals surface area contributed by atoms with E-state index in [0.29, 0.717) is 12.0 Å². The Morgan fingerprint density at radius 2 is 1.91 bits per heavy atom. The van der Waals surface area contributed by atoms with Gasteiger partial charge in [-0.05, 0) is 67.0 Å². The quantitative estimate of drug-likeness (QED) is 0.766. The number of carbonyl (C=O) groups is 1. The normalized spacial score (nSPS) is 17.4. The number of amides is 1. The van der Waals surface area contributed by atoms with Gasteiger partial charge in [0.2, 0.25) is 0 Å². The van der Waals surface area contributed by atoms with E-state index < -0.39 is 5.60 Å². The van der Waals surface area contributed by atoms with Gasteiger partial charge in [0.25, 0.3) is 0 Å². The van der Waals surface area contributed by atoms with E-state index in [0.717, 1.165) is 45.6 Å². The van der Waals surface area contributed by atoms with Crippen LogP contribution in [0.3, 0.4) is 0 Å². The molecule has 22 heavy (non-hydrogen) atoms. The summed E-state index contributed by atoms with van der Waals surface area (Å²) < 4.78 is 5.43. The lowest BCUT2D eigenvalue weighted by molar-refractivity contribution is 0.0184. The zero-order chi connectivity index (χ0) is 16.8. The lowest BCUT2D eigenvalue weighted by Crippen LogP contribution is -2.43. The van der Waals surface area contributed by atoms with Crippen LogP contribution in [0.1, 0.15) is 47.5 Å². The van der Waals surface area contributed by atoms with Crippen LogP contribution < -0.4 is 5.32 Å². The first kappa shape index (κ1) is 19.2. The molecule has 0 aliphatic carbocycles. The van der Waals surface area contributed by atoms with Crippen molar-refractivity contribution in [2.24, 2.45) is 5.92 Å². The third-order valence-electron chi connectivity index (χ3n) is 4.22. The molecule has 0 radical (unpaired) electrons. The highest BCUT2D eigenvalue weighted by atomic mass is 16.6. The number of nitrogens with one attached hydrogen (secondary N) is 1. The number of hydrogen-bond acceptors (Lipinski definition) is 4. The minimum atomic E-state index is -0.405. The highest BCUT2D eigenvalue weighted by Crippen LogP contribution is 2.19. The van der Waals surface area contributed by atoms with E-state index in [9.17, 15) is 4.79 Å². The van der Waals surface area contributed by atoms with Crippen molar-refractivity contribution in [3.05, 3.63) is 0 Å². The molecular formula is C17H35N3O2. The fourth-order valence-electron chi connectivity index (χ4n) is 2.47. The van der Waals surface area contributed by atoms with Gasteiger partial charge in [0.15, 0.2) is 0 Å². The van der Waals surface area contributed by atoms with E-state index in [1.54, 1.807) is 0 Å². The summed E-state index contributed by atoms with van der Waals surface area (Å²) in [5.41, 5.74) is -0.405. The van der Waals surface area contributed by atoms with Crippen molar-refractivity contribution in [3.8, 4) is 0 Å². The summed E-state index contributed by atoms with van der Waals surface area (Å²) >= 11 is 0. The Kier molecular flexibility index (Phi) is 7.63. The van der Waals surface area contributed by atoms with Gasteiger partial charge < -0.3 is 19.9 Å². The second kappa shape index (κ2) is 8.73. The molecule has 0 aromatic heterocycles. The van der Waals surface area contributed by atoms with E-state index in [2.05, 4.69) is 31.1 Å². The summed E-state index contributed by atoms with van der Waals surface area (Å²) in [5, 5.41) is 3.55. The molecule has 5 nitrogen and oxygen atoms in total. The lowest BCUT2D eigenvalue weighted by Gasteiger charge is -2.33. The molecule has 0 saturated carbocycles. The number of likely N-dealkylation sites (tertiary alicyclic amines) is 1. The number of hydrogen-bond donors (Lipinski definition) is 1. The second-order valence-corrected chi connectivity index (χ2v) is 7.69. The van der Waals surface area contributed by atoms with E-state index in [1.165, 1.54) is 0 Å². The largest absolute Gasteiger partial charge is 0.444 e. The number of carbonyl (C=O) groups excluding carboxylic acids is 1. The summed E-state index contributed by atoms with van der Waals surface area (Å²) in [6, 6.07) is 0.596. The summed E-state index contributed by atoms with van der Waals surface area (Å²) in [5.74, 6) is 0.669. The Balaban J connectivity index is 2.16. The Morgan fingerprint density at radius 3 is 2.41 bits per heavy atom. The molecule has 0 unspecified atom stereocenters.